The number of halogens is 13. The van der Waals surface area contributed by atoms with Gasteiger partial charge in [0.2, 0.25) is 0 Å². The lowest BCUT2D eigenvalue weighted by atomic mass is 9.49. The van der Waals surface area contributed by atoms with Gasteiger partial charge in [0.25, 0.3) is 35.5 Å². The van der Waals surface area contributed by atoms with Crippen molar-refractivity contribution < 1.29 is 102 Å². The van der Waals surface area contributed by atoms with E-state index in [-0.39, 0.29) is 142 Å². The van der Waals surface area contributed by atoms with E-state index in [1.807, 2.05) is 132 Å². The summed E-state index contributed by atoms with van der Waals surface area (Å²) in [7, 11) is -1.27. The third-order valence-electron chi connectivity index (χ3n) is 27.8. The minimum atomic E-state index is -2.65. The van der Waals surface area contributed by atoms with Crippen LogP contribution in [0.1, 0.15) is 237 Å². The molecule has 0 bridgehead atoms. The number of nitrogens with zero attached hydrogens (tertiary/aromatic N) is 3. The number of hydrogen-bond donors (Lipinski definition) is 4. The molecule has 3 amide bonds. The molecule has 13 aromatic rings. The maximum atomic E-state index is 13.3. The lowest BCUT2D eigenvalue weighted by molar-refractivity contribution is -0.0503. The van der Waals surface area contributed by atoms with E-state index in [0.29, 0.717) is 28.2 Å². The number of aryl methyl sites for hydroxylation is 10. The van der Waals surface area contributed by atoms with Crippen LogP contribution in [-0.4, -0.2) is 165 Å². The number of likely N-dealkylation sites (tertiary alicyclic amines) is 3. The highest BCUT2D eigenvalue weighted by Crippen LogP contribution is 2.45. The Kier molecular flexibility index (Phi) is 42.7. The van der Waals surface area contributed by atoms with E-state index in [9.17, 15) is 45.8 Å². The molecule has 19 rings (SSSR count). The fourth-order valence-corrected chi connectivity index (χ4v) is 19.9. The summed E-state index contributed by atoms with van der Waals surface area (Å²) in [4.78, 5) is 41.7. The number of carbonyl (C=O) groups excluding carboxylic acids is 3. The molecule has 20 nitrogen and oxygen atoms in total. The summed E-state index contributed by atoms with van der Waals surface area (Å²) in [6.07, 6.45) is 2.02. The first-order chi connectivity index (χ1) is 69.7. The van der Waals surface area contributed by atoms with Gasteiger partial charge in [-0.1, -0.05) is 128 Å². The number of alkyl halides is 8. The van der Waals surface area contributed by atoms with E-state index in [2.05, 4.69) is 234 Å². The lowest BCUT2D eigenvalue weighted by Gasteiger charge is -2.32. The second-order valence-electron chi connectivity index (χ2n) is 40.6. The largest absolute Gasteiger partial charge is 0.508 e. The smallest absolute Gasteiger partial charge is 0.494 e. The fraction of sp³-hybridized carbons (Fsp3) is 0.425. The van der Waals surface area contributed by atoms with Crippen molar-refractivity contribution in [1.82, 2.24) is 14.7 Å². The average molecular weight is 2470 g/mol. The van der Waals surface area contributed by atoms with E-state index >= 15 is 0 Å². The average Bonchev–Trinajstić information content (AvgIpc) is 1.59. The molecule has 149 heavy (non-hydrogen) atoms. The molecule has 0 radical (unpaired) electrons. The molecule has 9 aromatic carbocycles. The first kappa shape index (κ1) is 123. The van der Waals surface area contributed by atoms with Crippen LogP contribution in [0.25, 0.3) is 66.1 Å². The molecule has 36 heteroatoms. The molecule has 0 saturated carbocycles. The molecule has 6 fully saturated rings. The number of nitrogens with two attached hydrogens (primary N) is 1. The third-order valence-corrected chi connectivity index (χ3v) is 30.6. The predicted octanol–water partition coefficient (Wildman–Crippen LogP) is 31.2. The number of aromatic hydroxyl groups is 2. The third kappa shape index (κ3) is 32.1. The quantitative estimate of drug-likeness (QED) is 0.0309. The Hall–Kier alpha value is -8.17. The van der Waals surface area contributed by atoms with Crippen molar-refractivity contribution in [2.45, 2.75) is 268 Å². The number of furan rings is 4. The Morgan fingerprint density at radius 1 is 0.349 bits per heavy atom. The Labute approximate surface area is 929 Å². The Bertz CT molecular complexity index is 6470. The van der Waals surface area contributed by atoms with Crippen LogP contribution < -0.4 is 11.4 Å². The van der Waals surface area contributed by atoms with E-state index in [0.717, 1.165) is 164 Å². The lowest BCUT2D eigenvalue weighted by Crippen LogP contribution is -2.42. The highest BCUT2D eigenvalue weighted by molar-refractivity contribution is 14.1. The number of fused-ring (bicyclic) bond motifs is 4. The highest BCUT2D eigenvalue weighted by atomic mass is 127. The number of hydrogen-bond acceptors (Lipinski definition) is 17. The van der Waals surface area contributed by atoms with Gasteiger partial charge in [-0.15, -0.1) is 23.2 Å². The second kappa shape index (κ2) is 51.9. The number of benzene rings is 9. The predicted molar refractivity (Wildman–Crippen MR) is 609 cm³/mol. The van der Waals surface area contributed by atoms with Crippen molar-refractivity contribution in [3.63, 3.8) is 0 Å². The Morgan fingerprint density at radius 2 is 0.617 bits per heavy atom. The number of amides is 3. The minimum Gasteiger partial charge on any atom is -0.508 e. The summed E-state index contributed by atoms with van der Waals surface area (Å²) >= 11 is 25.0. The van der Waals surface area contributed by atoms with Gasteiger partial charge in [0.15, 0.2) is 0 Å². The van der Waals surface area contributed by atoms with Gasteiger partial charge in [0.05, 0.1) is 42.5 Å². The molecule has 5 N–H and O–H groups in total. The fourth-order valence-electron chi connectivity index (χ4n) is 16.8. The second-order valence-corrected chi connectivity index (χ2v) is 46.2. The topological polar surface area (TPSA) is 256 Å². The molecule has 0 aliphatic carbocycles. The molecule has 0 spiro atoms. The van der Waals surface area contributed by atoms with Crippen molar-refractivity contribution in [2.24, 2.45) is 5.90 Å². The van der Waals surface area contributed by atoms with E-state index in [1.165, 1.54) is 25.6 Å². The maximum absolute atomic E-state index is 13.3. The molecule has 4 aromatic heterocycles. The zero-order chi connectivity index (χ0) is 110. The van der Waals surface area contributed by atoms with Gasteiger partial charge in [-0.05, 0) is 348 Å². The van der Waals surface area contributed by atoms with Crippen LogP contribution in [0.15, 0.2) is 211 Å². The van der Waals surface area contributed by atoms with Crippen molar-refractivity contribution in [3.05, 3.63) is 270 Å². The monoisotopic (exact) mass is 2460 g/mol. The van der Waals surface area contributed by atoms with Crippen LogP contribution in [0, 0.1) is 45.1 Å². The standard InChI is InChI=1S/2C23H23F2NO2.C17H23BO3.C12H24B2O4.C12H12BrF2NO.C11H11BrO.C7H6BrIO.C7H7BrO.CH2Cl2.H3NO/c2*1-3-20-14-19-13-18(12-15(2)21(19)28-20)16-4-6-17(7-5-16)22(27)26-10-8-23(24,25)9-11-26;1-7-14-10-12-9-13(8-11(2)15(12)19-14)18-20-16(3,4)17(5,6)21-18;1-9(2)10(3,4)16-13(15-9)14-17-11(5,6)12(7,8)18-14;13-10-3-1-9(2-4-10)11(17)16-7-5-12(14,15)6-8-16;1-3-10-6-8-5-9(12)4-7(2)11(8)13-10;1-4-2-5(8)3-6(9)7(4)10;1-5-4-6(8)2-3-7(5)9;2-1-3;1-2/h2*4-7,12-14H,3,8-11H2,1-2H3;8-10H,7H2,1-6H3;1-8H3;1-4H,5-8H2;4-6H,3H2,1-2H3;2-3,10H,1H3;2-4,9H,1H3;1H2;2H,1H2. The number of rotatable bonds is 11. The van der Waals surface area contributed by atoms with E-state index in [1.54, 1.807) is 54.6 Å². The molecular formula is C113H134B3Br4Cl2F6IN4O16. The first-order valence-corrected chi connectivity index (χ1v) is 54.9. The summed E-state index contributed by atoms with van der Waals surface area (Å²) in [5.74, 6) is -0.246. The van der Waals surface area contributed by atoms with Crippen LogP contribution in [-0.2, 0) is 53.6 Å². The van der Waals surface area contributed by atoms with Crippen molar-refractivity contribution in [2.75, 3.05) is 44.6 Å². The SMILES string of the molecule is CC1(C)OB(B2OC(C)(C)C(C)(C)O2)OC1(C)C.CCc1cc2cc(-c3ccc(C(=O)N4CCC(F)(F)CC4)cc3)cc(C)c2o1.CCc1cc2cc(-c3ccc(C(=O)N4CCC(F)(F)CC4)cc3)cc(C)c2o1.CCc1cc2cc(B3OC(C)(C)C(C)(C)O3)cc(C)c2o1.CCc1cc2cc(Br)cc(C)c2o1.Cc1cc(Br)cc(I)c1O.Cc1cc(Br)ccc1O.ClCCl.NO.O=C(c1ccc(Br)cc1)N1CCC(F)(F)CC1. The van der Waals surface area contributed by atoms with Gasteiger partial charge in [0.1, 0.15) is 56.9 Å². The number of phenolic OH excluding ortho intramolecular Hbond substituents is 2. The molecule has 6 saturated heterocycles. The number of phenols is 2. The zero-order valence-corrected chi connectivity index (χ0v) is 98.5. The molecule has 10 heterocycles. The summed E-state index contributed by atoms with van der Waals surface area (Å²) < 4.78 is 143. The zero-order valence-electron chi connectivity index (χ0n) is 88.5. The van der Waals surface area contributed by atoms with Crippen molar-refractivity contribution >= 4 is 198 Å². The number of carbonyl (C=O) groups is 3. The molecule has 6 aliphatic rings. The highest BCUT2D eigenvalue weighted by Gasteiger charge is 2.64. The van der Waals surface area contributed by atoms with Crippen molar-refractivity contribution in [3.8, 4) is 33.8 Å². The Morgan fingerprint density at radius 3 is 0.926 bits per heavy atom. The molecule has 6 aliphatic heterocycles. The Balaban J connectivity index is 0.000000177. The van der Waals surface area contributed by atoms with Crippen LogP contribution in [0.3, 0.4) is 0 Å². The molecule has 0 atom stereocenters. The van der Waals surface area contributed by atoms with Crippen LogP contribution in [0.5, 0.6) is 11.5 Å². The van der Waals surface area contributed by atoms with Gasteiger partial charge in [0, 0.05) is 160 Å². The van der Waals surface area contributed by atoms with Gasteiger partial charge in [-0.2, -0.15) is 0 Å². The van der Waals surface area contributed by atoms with E-state index in [4.69, 9.17) is 79.1 Å². The van der Waals surface area contributed by atoms with Crippen molar-refractivity contribution in [1.29, 1.82) is 0 Å². The maximum Gasteiger partial charge on any atom is 0.494 e. The molecule has 0 unspecified atom stereocenters. The van der Waals surface area contributed by atoms with Crippen LogP contribution >= 0.6 is 110 Å². The van der Waals surface area contributed by atoms with E-state index < -0.39 is 31.8 Å². The summed E-state index contributed by atoms with van der Waals surface area (Å²) in [6, 6.07) is 55.8. The van der Waals surface area contributed by atoms with Gasteiger partial charge in [-0.3, -0.25) is 14.4 Å². The summed E-state index contributed by atoms with van der Waals surface area (Å²) in [5.41, 5.74) is 14.8. The molecule has 802 valence electrons. The van der Waals surface area contributed by atoms with Crippen LogP contribution in [0.2, 0.25) is 0 Å². The van der Waals surface area contributed by atoms with Gasteiger partial charge in [-0.25, -0.2) is 32.2 Å². The first-order valence-electron chi connectivity index (χ1n) is 49.5. The summed E-state index contributed by atoms with van der Waals surface area (Å²) in [5, 5.41) is 29.5. The number of piperidine rings is 3. The van der Waals surface area contributed by atoms with Crippen LogP contribution in [0.4, 0.5) is 26.3 Å². The summed E-state index contributed by atoms with van der Waals surface area (Å²) in [6.45, 7) is 45.4. The minimum absolute atomic E-state index is 0.101. The normalized spacial score (nSPS) is 17.5. The molecular weight excluding hydrogens is 2330 g/mol. The van der Waals surface area contributed by atoms with Gasteiger partial charge >= 0.3 is 21.1 Å². The van der Waals surface area contributed by atoms with Gasteiger partial charge < -0.3 is 75.7 Å².